The van der Waals surface area contributed by atoms with E-state index < -0.39 is 0 Å². The van der Waals surface area contributed by atoms with E-state index in [1.54, 1.807) is 25.1 Å². The third kappa shape index (κ3) is 4.34. The molecule has 0 unspecified atom stereocenters. The zero-order chi connectivity index (χ0) is 15.8. The van der Waals surface area contributed by atoms with Crippen LogP contribution in [-0.4, -0.2) is 28.4 Å². The maximum absolute atomic E-state index is 9.40. The van der Waals surface area contributed by atoms with Crippen LogP contribution in [0.25, 0.3) is 0 Å². The normalized spacial score (nSPS) is 10.6. The topological polar surface area (TPSA) is 71.1 Å². The van der Waals surface area contributed by atoms with E-state index in [0.717, 1.165) is 35.1 Å². The Morgan fingerprint density at radius 1 is 1.36 bits per heavy atom. The van der Waals surface area contributed by atoms with Gasteiger partial charge >= 0.3 is 0 Å². The van der Waals surface area contributed by atoms with Gasteiger partial charge in [0, 0.05) is 26.0 Å². The van der Waals surface area contributed by atoms with Crippen molar-refractivity contribution >= 4 is 11.8 Å². The molecule has 0 aliphatic rings. The third-order valence-corrected chi connectivity index (χ3v) is 4.31. The summed E-state index contributed by atoms with van der Waals surface area (Å²) in [4.78, 5) is 4.39. The van der Waals surface area contributed by atoms with E-state index >= 15 is 0 Å². The zero-order valence-corrected chi connectivity index (χ0v) is 13.3. The van der Waals surface area contributed by atoms with E-state index in [-0.39, 0.29) is 6.61 Å². The Labute approximate surface area is 134 Å². The molecule has 116 valence electrons. The van der Waals surface area contributed by atoms with Crippen LogP contribution < -0.4 is 0 Å². The molecule has 0 aliphatic heterocycles. The Morgan fingerprint density at radius 2 is 2.14 bits per heavy atom. The number of rotatable bonds is 8. The van der Waals surface area contributed by atoms with Gasteiger partial charge in [-0.15, -0.1) is 0 Å². The van der Waals surface area contributed by atoms with Crippen LogP contribution in [0.5, 0.6) is 0 Å². The minimum Gasteiger partial charge on any atom is -0.390 e. The first-order valence-electron chi connectivity index (χ1n) is 7.04. The summed E-state index contributed by atoms with van der Waals surface area (Å²) in [5.74, 6) is 0.776. The van der Waals surface area contributed by atoms with Crippen molar-refractivity contribution in [3.05, 3.63) is 47.3 Å². The number of nitriles is 1. The van der Waals surface area contributed by atoms with Crippen LogP contribution in [0, 0.1) is 11.3 Å². The van der Waals surface area contributed by atoms with Gasteiger partial charge in [-0.25, -0.2) is 4.98 Å². The van der Waals surface area contributed by atoms with E-state index in [4.69, 9.17) is 10.00 Å². The Balaban J connectivity index is 2.01. The highest BCUT2D eigenvalue weighted by Gasteiger charge is 2.10. The molecule has 0 saturated carbocycles. The van der Waals surface area contributed by atoms with Crippen LogP contribution in [0.15, 0.2) is 35.6 Å². The van der Waals surface area contributed by atoms with Gasteiger partial charge in [0.25, 0.3) is 0 Å². The average Bonchev–Trinajstić information content (AvgIpc) is 2.96. The standard InChI is InChI=1S/C16H19N3O2S/c1-21-8-2-7-19-15(11-20)10-18-16(19)22-12-14-5-3-13(9-17)4-6-14/h3-6,10,20H,2,7-8,11-12H2,1H3. The van der Waals surface area contributed by atoms with Crippen molar-refractivity contribution in [2.75, 3.05) is 13.7 Å². The van der Waals surface area contributed by atoms with Crippen LogP contribution in [0.3, 0.4) is 0 Å². The second-order valence-electron chi connectivity index (χ2n) is 4.79. The maximum atomic E-state index is 9.40. The van der Waals surface area contributed by atoms with Crippen LogP contribution in [0.4, 0.5) is 0 Å². The van der Waals surface area contributed by atoms with Gasteiger partial charge in [-0.1, -0.05) is 23.9 Å². The predicted octanol–water partition coefficient (Wildman–Crippen LogP) is 2.58. The molecule has 1 N–H and O–H groups in total. The molecule has 2 aromatic rings. The molecule has 1 aromatic carbocycles. The van der Waals surface area contributed by atoms with Crippen LogP contribution in [0.1, 0.15) is 23.2 Å². The number of aromatic nitrogens is 2. The van der Waals surface area contributed by atoms with E-state index in [1.807, 2.05) is 28.8 Å². The summed E-state index contributed by atoms with van der Waals surface area (Å²) in [6, 6.07) is 9.66. The number of hydrogen-bond donors (Lipinski definition) is 1. The minimum absolute atomic E-state index is 0.0165. The van der Waals surface area contributed by atoms with E-state index in [1.165, 1.54) is 0 Å². The fraction of sp³-hybridized carbons (Fsp3) is 0.375. The number of imidazole rings is 1. The first-order valence-corrected chi connectivity index (χ1v) is 8.03. The quantitative estimate of drug-likeness (QED) is 0.598. The molecule has 0 spiro atoms. The van der Waals surface area contributed by atoms with Crippen LogP contribution in [-0.2, 0) is 23.6 Å². The molecular weight excluding hydrogens is 298 g/mol. The molecule has 2 rings (SSSR count). The number of hydrogen-bond acceptors (Lipinski definition) is 5. The highest BCUT2D eigenvalue weighted by Crippen LogP contribution is 2.23. The lowest BCUT2D eigenvalue weighted by Crippen LogP contribution is -2.07. The van der Waals surface area contributed by atoms with Gasteiger partial charge < -0.3 is 14.4 Å². The van der Waals surface area contributed by atoms with E-state index in [0.29, 0.717) is 12.2 Å². The molecule has 0 aliphatic carbocycles. The second kappa shape index (κ2) is 8.59. The second-order valence-corrected chi connectivity index (χ2v) is 5.73. The summed E-state index contributed by atoms with van der Waals surface area (Å²) in [5.41, 5.74) is 2.62. The van der Waals surface area contributed by atoms with Gasteiger partial charge in [-0.2, -0.15) is 5.26 Å². The molecule has 0 saturated heterocycles. The lowest BCUT2D eigenvalue weighted by molar-refractivity contribution is 0.187. The molecule has 22 heavy (non-hydrogen) atoms. The van der Waals surface area contributed by atoms with Crippen molar-refractivity contribution in [3.8, 4) is 6.07 Å². The number of aliphatic hydroxyl groups excluding tert-OH is 1. The Kier molecular flexibility index (Phi) is 6.46. The SMILES string of the molecule is COCCCn1c(CO)cnc1SCc1ccc(C#N)cc1. The van der Waals surface area contributed by atoms with Crippen molar-refractivity contribution in [3.63, 3.8) is 0 Å². The molecule has 6 heteroatoms. The molecular formula is C16H19N3O2S. The van der Waals surface area contributed by atoms with Gasteiger partial charge in [-0.3, -0.25) is 0 Å². The van der Waals surface area contributed by atoms with E-state index in [2.05, 4.69) is 11.1 Å². The molecule has 0 fully saturated rings. The van der Waals surface area contributed by atoms with Gasteiger partial charge in [0.2, 0.25) is 0 Å². The summed E-state index contributed by atoms with van der Waals surface area (Å²) in [7, 11) is 1.68. The van der Waals surface area contributed by atoms with Crippen molar-refractivity contribution in [1.29, 1.82) is 5.26 Å². The summed E-state index contributed by atoms with van der Waals surface area (Å²) < 4.78 is 7.11. The summed E-state index contributed by atoms with van der Waals surface area (Å²) in [6.45, 7) is 1.44. The lowest BCUT2D eigenvalue weighted by atomic mass is 10.2. The average molecular weight is 317 g/mol. The number of nitrogens with zero attached hydrogens (tertiary/aromatic N) is 3. The monoisotopic (exact) mass is 317 g/mol. The lowest BCUT2D eigenvalue weighted by Gasteiger charge is -2.10. The highest BCUT2D eigenvalue weighted by molar-refractivity contribution is 7.98. The van der Waals surface area contributed by atoms with Gasteiger partial charge in [-0.05, 0) is 24.1 Å². The minimum atomic E-state index is -0.0165. The van der Waals surface area contributed by atoms with Crippen molar-refractivity contribution in [2.45, 2.75) is 30.5 Å². The smallest absolute Gasteiger partial charge is 0.168 e. The van der Waals surface area contributed by atoms with Gasteiger partial charge in [0.15, 0.2) is 5.16 Å². The fourth-order valence-corrected chi connectivity index (χ4v) is 3.04. The van der Waals surface area contributed by atoms with E-state index in [9.17, 15) is 5.11 Å². The molecule has 1 heterocycles. The fourth-order valence-electron chi connectivity index (χ4n) is 2.06. The van der Waals surface area contributed by atoms with Gasteiger partial charge in [0.05, 0.1) is 30.1 Å². The predicted molar refractivity (Wildman–Crippen MR) is 85.4 cm³/mol. The summed E-state index contributed by atoms with van der Waals surface area (Å²) in [5, 5.41) is 19.1. The number of methoxy groups -OCH3 is 1. The van der Waals surface area contributed by atoms with Crippen LogP contribution in [0.2, 0.25) is 0 Å². The molecule has 0 atom stereocenters. The Morgan fingerprint density at radius 3 is 2.77 bits per heavy atom. The maximum Gasteiger partial charge on any atom is 0.168 e. The van der Waals surface area contributed by atoms with Crippen molar-refractivity contribution in [1.82, 2.24) is 9.55 Å². The summed E-state index contributed by atoms with van der Waals surface area (Å²) >= 11 is 1.62. The Hall–Kier alpha value is -1.81. The molecule has 5 nitrogen and oxygen atoms in total. The number of benzene rings is 1. The first-order chi connectivity index (χ1) is 10.8. The van der Waals surface area contributed by atoms with Gasteiger partial charge in [0.1, 0.15) is 0 Å². The van der Waals surface area contributed by atoms with Crippen molar-refractivity contribution < 1.29 is 9.84 Å². The third-order valence-electron chi connectivity index (χ3n) is 3.24. The molecule has 0 radical (unpaired) electrons. The number of ether oxygens (including phenoxy) is 1. The highest BCUT2D eigenvalue weighted by atomic mass is 32.2. The Bertz CT molecular complexity index is 632. The van der Waals surface area contributed by atoms with Crippen molar-refractivity contribution in [2.24, 2.45) is 0 Å². The molecule has 0 amide bonds. The molecule has 1 aromatic heterocycles. The first kappa shape index (κ1) is 16.6. The summed E-state index contributed by atoms with van der Waals surface area (Å²) in [6.07, 6.45) is 2.60. The van der Waals surface area contributed by atoms with Crippen LogP contribution >= 0.6 is 11.8 Å². The number of thioether (sulfide) groups is 1. The zero-order valence-electron chi connectivity index (χ0n) is 12.5. The number of aliphatic hydroxyl groups is 1. The largest absolute Gasteiger partial charge is 0.390 e. The molecule has 0 bridgehead atoms.